The summed E-state index contributed by atoms with van der Waals surface area (Å²) in [6.07, 6.45) is 1.29. The van der Waals surface area contributed by atoms with Crippen molar-refractivity contribution in [1.29, 1.82) is 0 Å². The minimum Gasteiger partial charge on any atom is -0.324 e. The summed E-state index contributed by atoms with van der Waals surface area (Å²) in [6.45, 7) is 3.16. The number of nitrogens with zero attached hydrogens (tertiary/aromatic N) is 2. The monoisotopic (exact) mass is 398 g/mol. The second-order valence-corrected chi connectivity index (χ2v) is 6.58. The van der Waals surface area contributed by atoms with Gasteiger partial charge in [0.25, 0.3) is 5.91 Å². The zero-order chi connectivity index (χ0) is 17.9. The Labute approximate surface area is 146 Å². The van der Waals surface area contributed by atoms with E-state index in [4.69, 9.17) is 0 Å². The highest BCUT2D eigenvalue weighted by Crippen LogP contribution is 2.17. The summed E-state index contributed by atoms with van der Waals surface area (Å²) in [5.74, 6) is -1.22. The maximum atomic E-state index is 13.1. The number of hydrogen-bond acceptors (Lipinski definition) is 4. The van der Waals surface area contributed by atoms with Crippen LogP contribution in [0.4, 0.5) is 9.18 Å². The van der Waals surface area contributed by atoms with Gasteiger partial charge in [0, 0.05) is 13.0 Å². The molecule has 24 heavy (non-hydrogen) atoms. The molecule has 2 N–H and O–H groups in total. The van der Waals surface area contributed by atoms with E-state index in [2.05, 4.69) is 31.8 Å². The quantitative estimate of drug-likeness (QED) is 0.449. The number of urea groups is 1. The van der Waals surface area contributed by atoms with Crippen LogP contribution in [0, 0.1) is 5.82 Å². The smallest absolute Gasteiger partial charge is 0.324 e. The predicted octanol–water partition coefficient (Wildman–Crippen LogP) is 1.76. The minimum absolute atomic E-state index is 0.0302. The van der Waals surface area contributed by atoms with Gasteiger partial charge in [-0.25, -0.2) is 14.6 Å². The molecule has 0 bridgehead atoms. The topological polar surface area (TPSA) is 90.9 Å². The number of rotatable bonds is 5. The molecule has 1 aliphatic heterocycles. The Hall–Kier alpha value is -2.29. The van der Waals surface area contributed by atoms with E-state index >= 15 is 0 Å². The molecule has 4 amide bonds. The first-order valence-corrected chi connectivity index (χ1v) is 7.91. The molecule has 1 fully saturated rings. The molecule has 0 aromatic heterocycles. The summed E-state index contributed by atoms with van der Waals surface area (Å²) < 4.78 is 13.4. The Balaban J connectivity index is 1.83. The molecule has 1 aromatic rings. The zero-order valence-corrected chi connectivity index (χ0v) is 14.7. The Bertz CT molecular complexity index is 721. The second-order valence-electron chi connectivity index (χ2n) is 5.73. The molecule has 7 nitrogen and oxygen atoms in total. The lowest BCUT2D eigenvalue weighted by Gasteiger charge is -2.15. The predicted molar refractivity (Wildman–Crippen MR) is 88.8 cm³/mol. The first-order valence-electron chi connectivity index (χ1n) is 7.12. The summed E-state index contributed by atoms with van der Waals surface area (Å²) in [5.41, 5.74) is 1.93. The van der Waals surface area contributed by atoms with Crippen LogP contribution in [0.25, 0.3) is 0 Å². The van der Waals surface area contributed by atoms with E-state index in [1.807, 2.05) is 0 Å². The van der Waals surface area contributed by atoms with E-state index in [-0.39, 0.29) is 18.9 Å². The summed E-state index contributed by atoms with van der Waals surface area (Å²) >= 11 is 3.05. The highest BCUT2D eigenvalue weighted by molar-refractivity contribution is 9.10. The molecule has 9 heteroatoms. The maximum absolute atomic E-state index is 13.1. The number of amides is 4. The molecular formula is C15H16BrFN4O3. The van der Waals surface area contributed by atoms with Gasteiger partial charge < -0.3 is 5.32 Å². The largest absolute Gasteiger partial charge is 0.325 e. The number of halogens is 2. The molecular weight excluding hydrogens is 383 g/mol. The van der Waals surface area contributed by atoms with E-state index in [1.165, 1.54) is 24.4 Å². The fraction of sp³-hybridized carbons (Fsp3) is 0.333. The molecule has 1 saturated heterocycles. The molecule has 1 heterocycles. The van der Waals surface area contributed by atoms with Gasteiger partial charge in [0.2, 0.25) is 5.91 Å². The van der Waals surface area contributed by atoms with Crippen LogP contribution < -0.4 is 10.7 Å². The van der Waals surface area contributed by atoms with Crippen molar-refractivity contribution in [2.24, 2.45) is 5.10 Å². The van der Waals surface area contributed by atoms with E-state index < -0.39 is 23.3 Å². The van der Waals surface area contributed by atoms with Gasteiger partial charge in [0.05, 0.1) is 10.7 Å². The molecule has 0 radical (unpaired) electrons. The third-order valence-corrected chi connectivity index (χ3v) is 3.96. The van der Waals surface area contributed by atoms with Crippen molar-refractivity contribution in [2.75, 3.05) is 6.54 Å². The normalized spacial score (nSPS) is 16.6. The molecule has 0 spiro atoms. The number of carbonyl (C=O) groups is 3. The lowest BCUT2D eigenvalue weighted by Crippen LogP contribution is -2.40. The summed E-state index contributed by atoms with van der Waals surface area (Å²) in [4.78, 5) is 36.3. The van der Waals surface area contributed by atoms with Crippen LogP contribution in [0.5, 0.6) is 0 Å². The fourth-order valence-corrected chi connectivity index (χ4v) is 2.46. The van der Waals surface area contributed by atoms with Gasteiger partial charge in [-0.2, -0.15) is 5.10 Å². The van der Waals surface area contributed by atoms with Gasteiger partial charge in [0.1, 0.15) is 11.4 Å². The zero-order valence-electron chi connectivity index (χ0n) is 13.1. The molecule has 0 unspecified atom stereocenters. The number of carbonyl (C=O) groups excluding carboxylic acids is 3. The van der Waals surface area contributed by atoms with Gasteiger partial charge in [-0.1, -0.05) is 6.07 Å². The molecule has 128 valence electrons. The molecule has 0 aliphatic carbocycles. The van der Waals surface area contributed by atoms with Crippen molar-refractivity contribution < 1.29 is 18.8 Å². The number of imide groups is 1. The van der Waals surface area contributed by atoms with Gasteiger partial charge in [-0.3, -0.25) is 14.5 Å². The van der Waals surface area contributed by atoms with Crippen molar-refractivity contribution >= 4 is 40.0 Å². The molecule has 2 rings (SSSR count). The standard InChI is InChI=1S/C15H16BrFN4O3/c1-15(2)13(23)21(14(24)19-15)6-5-12(22)20-18-8-9-3-4-11(17)10(16)7-9/h3-4,7-8H,5-6H2,1-2H3,(H,19,24)(H,20,22)/b18-8-. The van der Waals surface area contributed by atoms with Gasteiger partial charge in [-0.15, -0.1) is 0 Å². The first kappa shape index (κ1) is 18.1. The molecule has 1 aromatic carbocycles. The summed E-state index contributed by atoms with van der Waals surface area (Å²) in [6, 6.07) is 3.77. The number of hydrazone groups is 1. The highest BCUT2D eigenvalue weighted by Gasteiger charge is 2.43. The first-order chi connectivity index (χ1) is 11.2. The number of hydrogen-bond donors (Lipinski definition) is 2. The average Bonchev–Trinajstić information content (AvgIpc) is 2.69. The van der Waals surface area contributed by atoms with Crippen molar-refractivity contribution in [2.45, 2.75) is 25.8 Å². The van der Waals surface area contributed by atoms with Crippen LogP contribution in [-0.4, -0.2) is 41.0 Å². The summed E-state index contributed by atoms with van der Waals surface area (Å²) in [7, 11) is 0. The van der Waals surface area contributed by atoms with Crippen molar-refractivity contribution in [1.82, 2.24) is 15.6 Å². The molecule has 0 atom stereocenters. The van der Waals surface area contributed by atoms with E-state index in [0.29, 0.717) is 10.0 Å². The maximum Gasteiger partial charge on any atom is 0.325 e. The van der Waals surface area contributed by atoms with Gasteiger partial charge in [0.15, 0.2) is 0 Å². The van der Waals surface area contributed by atoms with E-state index in [0.717, 1.165) is 4.90 Å². The highest BCUT2D eigenvalue weighted by atomic mass is 79.9. The van der Waals surface area contributed by atoms with Crippen molar-refractivity contribution in [3.05, 3.63) is 34.1 Å². The Morgan fingerprint density at radius 2 is 2.17 bits per heavy atom. The minimum atomic E-state index is -0.957. The number of nitrogens with one attached hydrogen (secondary N) is 2. The average molecular weight is 399 g/mol. The molecule has 0 saturated carbocycles. The van der Waals surface area contributed by atoms with Crippen molar-refractivity contribution in [3.8, 4) is 0 Å². The fourth-order valence-electron chi connectivity index (χ4n) is 2.06. The van der Waals surface area contributed by atoms with Crippen LogP contribution in [0.1, 0.15) is 25.8 Å². The van der Waals surface area contributed by atoms with Crippen molar-refractivity contribution in [3.63, 3.8) is 0 Å². The van der Waals surface area contributed by atoms with Gasteiger partial charge >= 0.3 is 6.03 Å². The summed E-state index contributed by atoms with van der Waals surface area (Å²) in [5, 5.41) is 6.28. The van der Waals surface area contributed by atoms with E-state index in [9.17, 15) is 18.8 Å². The Morgan fingerprint density at radius 3 is 2.75 bits per heavy atom. The number of benzene rings is 1. The molecule has 1 aliphatic rings. The third-order valence-electron chi connectivity index (χ3n) is 3.35. The van der Waals surface area contributed by atoms with E-state index in [1.54, 1.807) is 13.8 Å². The Morgan fingerprint density at radius 1 is 1.46 bits per heavy atom. The van der Waals surface area contributed by atoms with Crippen LogP contribution in [0.2, 0.25) is 0 Å². The SMILES string of the molecule is CC1(C)NC(=O)N(CCC(=O)N/N=C\c2ccc(F)c(Br)c2)C1=O. The van der Waals surface area contributed by atoms with Crippen LogP contribution in [0.3, 0.4) is 0 Å². The lowest BCUT2D eigenvalue weighted by molar-refractivity contribution is -0.130. The van der Waals surface area contributed by atoms with Crippen LogP contribution in [-0.2, 0) is 9.59 Å². The Kier molecular flexibility index (Phi) is 5.33. The third kappa shape index (κ3) is 4.16. The van der Waals surface area contributed by atoms with Gasteiger partial charge in [-0.05, 0) is 47.5 Å². The lowest BCUT2D eigenvalue weighted by atomic mass is 10.1. The van der Waals surface area contributed by atoms with Crippen LogP contribution in [0.15, 0.2) is 27.8 Å². The van der Waals surface area contributed by atoms with Crippen LogP contribution >= 0.6 is 15.9 Å². The second kappa shape index (κ2) is 7.08.